The minimum Gasteiger partial charge on any atom is -0.383 e. The zero-order valence-corrected chi connectivity index (χ0v) is 11.1. The fourth-order valence-corrected chi connectivity index (χ4v) is 2.66. The molecule has 1 aromatic rings. The highest BCUT2D eigenvalue weighted by Gasteiger charge is 2.21. The molecule has 0 amide bonds. The maximum absolute atomic E-state index is 10.8. The van der Waals surface area contributed by atoms with Gasteiger partial charge in [0.05, 0.1) is 17.1 Å². The molecule has 0 saturated heterocycles. The highest BCUT2D eigenvalue weighted by molar-refractivity contribution is 5.52. The molecule has 1 aromatic heterocycles. The SMILES string of the molecule is CC1CCCCC1CNc1cc([N+](=O)[O-])cc(N)n1. The van der Waals surface area contributed by atoms with Gasteiger partial charge in [-0.2, -0.15) is 0 Å². The van der Waals surface area contributed by atoms with Crippen molar-refractivity contribution in [2.45, 2.75) is 32.6 Å². The number of hydrogen-bond acceptors (Lipinski definition) is 5. The minimum atomic E-state index is -0.452. The molecule has 19 heavy (non-hydrogen) atoms. The van der Waals surface area contributed by atoms with Gasteiger partial charge in [-0.25, -0.2) is 4.98 Å². The van der Waals surface area contributed by atoms with Crippen molar-refractivity contribution in [3.8, 4) is 0 Å². The van der Waals surface area contributed by atoms with Crippen LogP contribution >= 0.6 is 0 Å². The molecular weight excluding hydrogens is 244 g/mol. The van der Waals surface area contributed by atoms with Crippen molar-refractivity contribution in [3.63, 3.8) is 0 Å². The van der Waals surface area contributed by atoms with Gasteiger partial charge in [0.15, 0.2) is 0 Å². The summed E-state index contributed by atoms with van der Waals surface area (Å²) in [4.78, 5) is 14.4. The molecule has 104 valence electrons. The Labute approximate surface area is 112 Å². The van der Waals surface area contributed by atoms with E-state index in [0.717, 1.165) is 6.54 Å². The molecule has 0 spiro atoms. The quantitative estimate of drug-likeness (QED) is 0.644. The molecule has 6 heteroatoms. The Morgan fingerprint density at radius 3 is 2.89 bits per heavy atom. The van der Waals surface area contributed by atoms with Gasteiger partial charge >= 0.3 is 0 Å². The number of nitrogen functional groups attached to an aromatic ring is 1. The van der Waals surface area contributed by atoms with Crippen molar-refractivity contribution in [1.82, 2.24) is 4.98 Å². The average Bonchev–Trinajstić information content (AvgIpc) is 2.37. The molecule has 1 aliphatic carbocycles. The number of nitrogens with two attached hydrogens (primary N) is 1. The summed E-state index contributed by atoms with van der Waals surface area (Å²) in [5.41, 5.74) is 5.56. The topological polar surface area (TPSA) is 94.1 Å². The zero-order valence-electron chi connectivity index (χ0n) is 11.1. The van der Waals surface area contributed by atoms with Crippen LogP contribution in [0.3, 0.4) is 0 Å². The first-order valence-corrected chi connectivity index (χ1v) is 6.72. The van der Waals surface area contributed by atoms with Crippen molar-refractivity contribution < 1.29 is 4.92 Å². The van der Waals surface area contributed by atoms with Crippen molar-refractivity contribution in [3.05, 3.63) is 22.2 Å². The number of pyridine rings is 1. The third-order valence-electron chi connectivity index (χ3n) is 3.88. The van der Waals surface area contributed by atoms with E-state index in [2.05, 4.69) is 17.2 Å². The second kappa shape index (κ2) is 5.86. The fraction of sp³-hybridized carbons (Fsp3) is 0.615. The van der Waals surface area contributed by atoms with Crippen LogP contribution in [0.15, 0.2) is 12.1 Å². The van der Waals surface area contributed by atoms with Crippen LogP contribution < -0.4 is 11.1 Å². The first-order chi connectivity index (χ1) is 9.06. The van der Waals surface area contributed by atoms with Gasteiger partial charge in [-0.3, -0.25) is 10.1 Å². The highest BCUT2D eigenvalue weighted by Crippen LogP contribution is 2.30. The molecule has 1 heterocycles. The van der Waals surface area contributed by atoms with Crippen LogP contribution in [-0.4, -0.2) is 16.5 Å². The third kappa shape index (κ3) is 3.56. The summed E-state index contributed by atoms with van der Waals surface area (Å²) in [6.07, 6.45) is 5.04. The van der Waals surface area contributed by atoms with E-state index in [1.807, 2.05) is 0 Å². The molecule has 6 nitrogen and oxygen atoms in total. The number of hydrogen-bond donors (Lipinski definition) is 2. The van der Waals surface area contributed by atoms with Gasteiger partial charge in [-0.15, -0.1) is 0 Å². The molecule has 0 aliphatic heterocycles. The molecule has 0 aromatic carbocycles. The molecule has 2 atom stereocenters. The summed E-state index contributed by atoms with van der Waals surface area (Å²) < 4.78 is 0. The number of rotatable bonds is 4. The Hall–Kier alpha value is -1.85. The maximum atomic E-state index is 10.8. The van der Waals surface area contributed by atoms with Crippen LogP contribution in [0.1, 0.15) is 32.6 Å². The van der Waals surface area contributed by atoms with Crippen LogP contribution in [0.2, 0.25) is 0 Å². The molecule has 1 aliphatic rings. The summed E-state index contributed by atoms with van der Waals surface area (Å²) in [5.74, 6) is 1.96. The van der Waals surface area contributed by atoms with Crippen LogP contribution in [0.25, 0.3) is 0 Å². The number of aromatic nitrogens is 1. The lowest BCUT2D eigenvalue weighted by molar-refractivity contribution is -0.384. The average molecular weight is 264 g/mol. The van der Waals surface area contributed by atoms with Gasteiger partial charge < -0.3 is 11.1 Å². The Kier molecular flexibility index (Phi) is 4.19. The summed E-state index contributed by atoms with van der Waals surface area (Å²) in [7, 11) is 0. The molecule has 0 bridgehead atoms. The Morgan fingerprint density at radius 1 is 1.47 bits per heavy atom. The van der Waals surface area contributed by atoms with E-state index in [9.17, 15) is 10.1 Å². The lowest BCUT2D eigenvalue weighted by Gasteiger charge is -2.28. The van der Waals surface area contributed by atoms with E-state index in [1.165, 1.54) is 37.8 Å². The first-order valence-electron chi connectivity index (χ1n) is 6.72. The van der Waals surface area contributed by atoms with Gasteiger partial charge in [0, 0.05) is 6.54 Å². The molecule has 2 rings (SSSR count). The van der Waals surface area contributed by atoms with E-state index >= 15 is 0 Å². The van der Waals surface area contributed by atoms with Crippen LogP contribution in [0, 0.1) is 22.0 Å². The minimum absolute atomic E-state index is 0.0216. The molecule has 2 unspecified atom stereocenters. The van der Waals surface area contributed by atoms with Gasteiger partial charge in [-0.1, -0.05) is 26.2 Å². The third-order valence-corrected chi connectivity index (χ3v) is 3.88. The Balaban J connectivity index is 2.00. The molecular formula is C13H20N4O2. The summed E-state index contributed by atoms with van der Waals surface area (Å²) in [5, 5.41) is 13.9. The molecule has 1 saturated carbocycles. The number of nitro groups is 1. The van der Waals surface area contributed by atoms with Crippen molar-refractivity contribution in [2.75, 3.05) is 17.6 Å². The van der Waals surface area contributed by atoms with Crippen molar-refractivity contribution >= 4 is 17.3 Å². The van der Waals surface area contributed by atoms with E-state index in [0.29, 0.717) is 17.7 Å². The van der Waals surface area contributed by atoms with Gasteiger partial charge in [0.2, 0.25) is 0 Å². The van der Waals surface area contributed by atoms with E-state index < -0.39 is 4.92 Å². The zero-order chi connectivity index (χ0) is 13.8. The fourth-order valence-electron chi connectivity index (χ4n) is 2.66. The van der Waals surface area contributed by atoms with Crippen molar-refractivity contribution in [2.24, 2.45) is 11.8 Å². The predicted molar refractivity (Wildman–Crippen MR) is 74.9 cm³/mol. The van der Waals surface area contributed by atoms with E-state index in [1.54, 1.807) is 0 Å². The normalized spacial score (nSPS) is 23.0. The first kappa shape index (κ1) is 13.6. The highest BCUT2D eigenvalue weighted by atomic mass is 16.6. The summed E-state index contributed by atoms with van der Waals surface area (Å²) >= 11 is 0. The summed E-state index contributed by atoms with van der Waals surface area (Å²) in [6, 6.07) is 2.71. The largest absolute Gasteiger partial charge is 0.383 e. The van der Waals surface area contributed by atoms with Crippen LogP contribution in [0.5, 0.6) is 0 Å². The van der Waals surface area contributed by atoms with Crippen LogP contribution in [0.4, 0.5) is 17.3 Å². The van der Waals surface area contributed by atoms with Gasteiger partial charge in [0.1, 0.15) is 11.6 Å². The standard InChI is InChI=1S/C13H20N4O2/c1-9-4-2-3-5-10(9)8-15-13-7-11(17(18)19)6-12(14)16-13/h6-7,9-10H,2-5,8H2,1H3,(H3,14,15,16). The van der Waals surface area contributed by atoms with Crippen LogP contribution in [-0.2, 0) is 0 Å². The molecule has 0 radical (unpaired) electrons. The summed E-state index contributed by atoms with van der Waals surface area (Å²) in [6.45, 7) is 3.06. The second-order valence-electron chi connectivity index (χ2n) is 5.30. The second-order valence-corrected chi connectivity index (χ2v) is 5.30. The number of nitrogens with one attached hydrogen (secondary N) is 1. The van der Waals surface area contributed by atoms with Gasteiger partial charge in [-0.05, 0) is 18.3 Å². The molecule has 3 N–H and O–H groups in total. The van der Waals surface area contributed by atoms with E-state index in [4.69, 9.17) is 5.73 Å². The lowest BCUT2D eigenvalue weighted by Crippen LogP contribution is -2.24. The monoisotopic (exact) mass is 264 g/mol. The smallest absolute Gasteiger partial charge is 0.276 e. The Bertz CT molecular complexity index is 464. The number of anilines is 2. The van der Waals surface area contributed by atoms with Crippen molar-refractivity contribution in [1.29, 1.82) is 0 Å². The Morgan fingerprint density at radius 2 is 2.21 bits per heavy atom. The predicted octanol–water partition coefficient (Wildman–Crippen LogP) is 2.81. The van der Waals surface area contributed by atoms with Gasteiger partial charge in [0.25, 0.3) is 5.69 Å². The van der Waals surface area contributed by atoms with E-state index in [-0.39, 0.29) is 11.5 Å². The number of nitrogens with zero attached hydrogens (tertiary/aromatic N) is 2. The molecule has 1 fully saturated rings. The lowest BCUT2D eigenvalue weighted by atomic mass is 9.80. The maximum Gasteiger partial charge on any atom is 0.276 e.